The fourth-order valence-corrected chi connectivity index (χ4v) is 2.06. The number of ether oxygens (including phenoxy) is 1. The number of hydrogen-bond donors (Lipinski definition) is 2. The lowest BCUT2D eigenvalue weighted by atomic mass is 10.1. The number of nitrogens with two attached hydrogens (primary N) is 1. The first-order valence-corrected chi connectivity index (χ1v) is 7.31. The van der Waals surface area contributed by atoms with Crippen molar-refractivity contribution in [3.63, 3.8) is 0 Å². The number of methoxy groups -OCH3 is 1. The molecule has 0 radical (unpaired) electrons. The van der Waals surface area contributed by atoms with Crippen LogP contribution in [-0.4, -0.2) is 37.0 Å². The molecule has 5 nitrogen and oxygen atoms in total. The molecule has 7 heteroatoms. The zero-order chi connectivity index (χ0) is 15.1. The molecule has 0 aliphatic rings. The summed E-state index contributed by atoms with van der Waals surface area (Å²) in [6.45, 7) is 0. The predicted octanol–water partition coefficient (Wildman–Crippen LogP) is 1.43. The molecule has 1 aromatic rings. The molecular formula is C13H17FN2O3S. The average Bonchev–Trinajstić information content (AvgIpc) is 2.44. The molecule has 1 unspecified atom stereocenters. The van der Waals surface area contributed by atoms with Gasteiger partial charge in [0.25, 0.3) is 5.91 Å². The summed E-state index contributed by atoms with van der Waals surface area (Å²) in [7, 11) is 1.25. The molecule has 0 aliphatic heterocycles. The molecule has 0 aliphatic carbocycles. The van der Waals surface area contributed by atoms with Crippen molar-refractivity contribution in [1.29, 1.82) is 0 Å². The molecule has 20 heavy (non-hydrogen) atoms. The summed E-state index contributed by atoms with van der Waals surface area (Å²) in [6.07, 6.45) is 2.32. The Hall–Kier alpha value is -1.76. The minimum absolute atomic E-state index is 0.00283. The molecule has 0 aromatic heterocycles. The largest absolute Gasteiger partial charge is 0.467 e. The van der Waals surface area contributed by atoms with Crippen LogP contribution in [0.5, 0.6) is 0 Å². The quantitative estimate of drug-likeness (QED) is 0.613. The van der Waals surface area contributed by atoms with Gasteiger partial charge in [-0.05, 0) is 36.6 Å². The zero-order valence-electron chi connectivity index (χ0n) is 11.3. The van der Waals surface area contributed by atoms with Gasteiger partial charge in [-0.1, -0.05) is 0 Å². The summed E-state index contributed by atoms with van der Waals surface area (Å²) in [5, 5.41) is 2.51. The number of amides is 1. The van der Waals surface area contributed by atoms with Gasteiger partial charge in [-0.2, -0.15) is 11.8 Å². The molecule has 0 bridgehead atoms. The van der Waals surface area contributed by atoms with Gasteiger partial charge in [0, 0.05) is 5.69 Å². The standard InChI is InChI=1S/C13H17FN2O3S/c1-19-13(18)11(5-6-20-2)16-12(17)9-7-8(14)3-4-10(9)15/h3-4,7,11H,5-6,15H2,1-2H3,(H,16,17). The van der Waals surface area contributed by atoms with E-state index in [1.54, 1.807) is 11.8 Å². The molecule has 0 fully saturated rings. The van der Waals surface area contributed by atoms with Gasteiger partial charge >= 0.3 is 5.97 Å². The van der Waals surface area contributed by atoms with Crippen molar-refractivity contribution in [1.82, 2.24) is 5.32 Å². The lowest BCUT2D eigenvalue weighted by Crippen LogP contribution is -2.42. The van der Waals surface area contributed by atoms with Gasteiger partial charge in [0.1, 0.15) is 11.9 Å². The average molecular weight is 300 g/mol. The molecule has 1 atom stereocenters. The van der Waals surface area contributed by atoms with Crippen LogP contribution in [-0.2, 0) is 9.53 Å². The molecule has 1 rings (SSSR count). The van der Waals surface area contributed by atoms with Gasteiger partial charge in [0.05, 0.1) is 12.7 Å². The van der Waals surface area contributed by atoms with E-state index in [2.05, 4.69) is 10.1 Å². The molecule has 0 heterocycles. The van der Waals surface area contributed by atoms with Crippen LogP contribution < -0.4 is 11.1 Å². The number of benzene rings is 1. The number of nitrogens with one attached hydrogen (secondary N) is 1. The maximum absolute atomic E-state index is 13.1. The monoisotopic (exact) mass is 300 g/mol. The SMILES string of the molecule is COC(=O)C(CCSC)NC(=O)c1cc(F)ccc1N. The third kappa shape index (κ3) is 4.41. The van der Waals surface area contributed by atoms with Crippen molar-refractivity contribution in [2.24, 2.45) is 0 Å². The number of nitrogen functional groups attached to an aromatic ring is 1. The Kier molecular flexibility index (Phi) is 6.30. The number of halogens is 1. The molecular weight excluding hydrogens is 283 g/mol. The first kappa shape index (κ1) is 16.3. The molecule has 0 saturated heterocycles. The van der Waals surface area contributed by atoms with Gasteiger partial charge < -0.3 is 15.8 Å². The topological polar surface area (TPSA) is 81.4 Å². The van der Waals surface area contributed by atoms with Crippen LogP contribution in [0.25, 0.3) is 0 Å². The van der Waals surface area contributed by atoms with Crippen LogP contribution in [0.2, 0.25) is 0 Å². The van der Waals surface area contributed by atoms with E-state index >= 15 is 0 Å². The third-order valence-corrected chi connectivity index (χ3v) is 3.31. The van der Waals surface area contributed by atoms with E-state index in [9.17, 15) is 14.0 Å². The Morgan fingerprint density at radius 2 is 2.20 bits per heavy atom. The molecule has 1 aromatic carbocycles. The summed E-state index contributed by atoms with van der Waals surface area (Å²) in [5.74, 6) is -1.03. The van der Waals surface area contributed by atoms with Crippen molar-refractivity contribution in [2.75, 3.05) is 24.9 Å². The third-order valence-electron chi connectivity index (χ3n) is 2.66. The second-order valence-corrected chi connectivity index (χ2v) is 5.05. The zero-order valence-corrected chi connectivity index (χ0v) is 12.1. The molecule has 1 amide bonds. The molecule has 0 saturated carbocycles. The molecule has 3 N–H and O–H groups in total. The summed E-state index contributed by atoms with van der Waals surface area (Å²) in [5.41, 5.74) is 5.78. The van der Waals surface area contributed by atoms with Gasteiger partial charge in [-0.15, -0.1) is 0 Å². The fraction of sp³-hybridized carbons (Fsp3) is 0.385. The lowest BCUT2D eigenvalue weighted by molar-refractivity contribution is -0.142. The van der Waals surface area contributed by atoms with Crippen LogP contribution >= 0.6 is 11.8 Å². The Balaban J connectivity index is 2.84. The van der Waals surface area contributed by atoms with Crippen molar-refractivity contribution >= 4 is 29.3 Å². The van der Waals surface area contributed by atoms with Gasteiger partial charge in [-0.25, -0.2) is 9.18 Å². The van der Waals surface area contributed by atoms with E-state index in [1.165, 1.54) is 13.2 Å². The van der Waals surface area contributed by atoms with Gasteiger partial charge in [0.2, 0.25) is 0 Å². The summed E-state index contributed by atoms with van der Waals surface area (Å²) in [4.78, 5) is 23.6. The maximum atomic E-state index is 13.1. The van der Waals surface area contributed by atoms with Crippen molar-refractivity contribution < 1.29 is 18.7 Å². The fourth-order valence-electron chi connectivity index (χ4n) is 1.59. The highest BCUT2D eigenvalue weighted by Gasteiger charge is 2.22. The summed E-state index contributed by atoms with van der Waals surface area (Å²) in [6, 6.07) is 2.73. The van der Waals surface area contributed by atoms with E-state index in [0.717, 1.165) is 12.1 Å². The smallest absolute Gasteiger partial charge is 0.328 e. The van der Waals surface area contributed by atoms with E-state index < -0.39 is 23.7 Å². The van der Waals surface area contributed by atoms with Gasteiger partial charge in [0.15, 0.2) is 0 Å². The van der Waals surface area contributed by atoms with Crippen LogP contribution in [0.4, 0.5) is 10.1 Å². The van der Waals surface area contributed by atoms with Crippen molar-refractivity contribution in [3.8, 4) is 0 Å². The first-order chi connectivity index (χ1) is 9.49. The number of anilines is 1. The summed E-state index contributed by atoms with van der Waals surface area (Å²) >= 11 is 1.54. The Bertz CT molecular complexity index is 497. The van der Waals surface area contributed by atoms with Crippen molar-refractivity contribution in [3.05, 3.63) is 29.6 Å². The van der Waals surface area contributed by atoms with Gasteiger partial charge in [-0.3, -0.25) is 4.79 Å². The highest BCUT2D eigenvalue weighted by Crippen LogP contribution is 2.14. The highest BCUT2D eigenvalue weighted by molar-refractivity contribution is 7.98. The van der Waals surface area contributed by atoms with Crippen LogP contribution in [0.1, 0.15) is 16.8 Å². The number of hydrogen-bond acceptors (Lipinski definition) is 5. The van der Waals surface area contributed by atoms with Crippen LogP contribution in [0, 0.1) is 5.82 Å². The van der Waals surface area contributed by atoms with E-state index in [1.807, 2.05) is 6.26 Å². The normalized spacial score (nSPS) is 11.8. The summed E-state index contributed by atoms with van der Waals surface area (Å²) < 4.78 is 17.8. The van der Waals surface area contributed by atoms with Crippen LogP contribution in [0.3, 0.4) is 0 Å². The molecule has 0 spiro atoms. The van der Waals surface area contributed by atoms with E-state index in [4.69, 9.17) is 5.73 Å². The number of carbonyl (C=O) groups is 2. The number of esters is 1. The second-order valence-electron chi connectivity index (χ2n) is 4.06. The minimum Gasteiger partial charge on any atom is -0.467 e. The van der Waals surface area contributed by atoms with E-state index in [-0.39, 0.29) is 11.3 Å². The van der Waals surface area contributed by atoms with E-state index in [0.29, 0.717) is 12.2 Å². The molecule has 110 valence electrons. The second kappa shape index (κ2) is 7.74. The minimum atomic E-state index is -0.775. The Labute approximate surface area is 121 Å². The lowest BCUT2D eigenvalue weighted by Gasteiger charge is -2.16. The van der Waals surface area contributed by atoms with Crippen molar-refractivity contribution in [2.45, 2.75) is 12.5 Å². The highest BCUT2D eigenvalue weighted by atomic mass is 32.2. The maximum Gasteiger partial charge on any atom is 0.328 e. The van der Waals surface area contributed by atoms with Crippen LogP contribution in [0.15, 0.2) is 18.2 Å². The predicted molar refractivity (Wildman–Crippen MR) is 77.1 cm³/mol. The number of rotatable bonds is 6. The number of carbonyl (C=O) groups excluding carboxylic acids is 2. The first-order valence-electron chi connectivity index (χ1n) is 5.92. The Morgan fingerprint density at radius 1 is 1.50 bits per heavy atom. The number of thioether (sulfide) groups is 1. The Morgan fingerprint density at radius 3 is 2.80 bits per heavy atom.